The highest BCUT2D eigenvalue weighted by Gasteiger charge is 2.31. The van der Waals surface area contributed by atoms with Crippen molar-refractivity contribution in [2.45, 2.75) is 30.3 Å². The number of halogens is 3. The summed E-state index contributed by atoms with van der Waals surface area (Å²) in [6.07, 6.45) is -4.47. The van der Waals surface area contributed by atoms with Gasteiger partial charge in [-0.15, -0.1) is 11.3 Å². The van der Waals surface area contributed by atoms with Crippen molar-refractivity contribution in [3.63, 3.8) is 0 Å². The van der Waals surface area contributed by atoms with Crippen LogP contribution in [0.2, 0.25) is 0 Å². The second kappa shape index (κ2) is 7.77. The van der Waals surface area contributed by atoms with E-state index in [1.54, 1.807) is 25.3 Å². The molecule has 0 aliphatic carbocycles. The summed E-state index contributed by atoms with van der Waals surface area (Å²) in [7, 11) is -3.87. The minimum absolute atomic E-state index is 0.0745. The quantitative estimate of drug-likeness (QED) is 0.768. The lowest BCUT2D eigenvalue weighted by Gasteiger charge is -2.21. The minimum atomic E-state index is -4.47. The molecule has 0 spiro atoms. The Balaban J connectivity index is 2.14. The van der Waals surface area contributed by atoms with Gasteiger partial charge in [0, 0.05) is 5.69 Å². The van der Waals surface area contributed by atoms with Crippen molar-refractivity contribution in [1.29, 1.82) is 0 Å². The predicted octanol–water partition coefficient (Wildman–Crippen LogP) is 3.71. The molecule has 10 heteroatoms. The maximum atomic E-state index is 12.6. The molecule has 2 N–H and O–H groups in total. The van der Waals surface area contributed by atoms with Gasteiger partial charge in [-0.05, 0) is 41.6 Å². The summed E-state index contributed by atoms with van der Waals surface area (Å²) >= 11 is 1.01. The minimum Gasteiger partial charge on any atom is -0.325 e. The third-order valence-corrected chi connectivity index (χ3v) is 6.31. The molecule has 142 valence electrons. The van der Waals surface area contributed by atoms with Crippen LogP contribution in [0.4, 0.5) is 18.9 Å². The summed E-state index contributed by atoms with van der Waals surface area (Å²) < 4.78 is 64.8. The summed E-state index contributed by atoms with van der Waals surface area (Å²) in [6, 6.07) is 5.83. The number of amides is 1. The van der Waals surface area contributed by atoms with Crippen LogP contribution >= 0.6 is 11.3 Å². The summed E-state index contributed by atoms with van der Waals surface area (Å²) in [6.45, 7) is 3.32. The zero-order valence-electron chi connectivity index (χ0n) is 13.9. The number of alkyl halides is 3. The molecular formula is C16H17F3N2O3S2. The van der Waals surface area contributed by atoms with Crippen LogP contribution < -0.4 is 10.0 Å². The SMILES string of the molecule is CC(C)C(NS(=O)(=O)c1cccs1)C(=O)Nc1ccc(C(F)(F)F)cc1. The number of hydrogen-bond donors (Lipinski definition) is 2. The van der Waals surface area contributed by atoms with Crippen molar-refractivity contribution < 1.29 is 26.4 Å². The van der Waals surface area contributed by atoms with Gasteiger partial charge in [0.25, 0.3) is 10.0 Å². The fourth-order valence-corrected chi connectivity index (χ4v) is 4.45. The molecule has 1 aromatic heterocycles. The highest BCUT2D eigenvalue weighted by molar-refractivity contribution is 7.91. The molecule has 0 saturated carbocycles. The van der Waals surface area contributed by atoms with E-state index >= 15 is 0 Å². The van der Waals surface area contributed by atoms with Crippen molar-refractivity contribution in [1.82, 2.24) is 4.72 Å². The molecule has 0 bridgehead atoms. The topological polar surface area (TPSA) is 75.3 Å². The number of carbonyl (C=O) groups is 1. The first-order valence-electron chi connectivity index (χ1n) is 7.54. The largest absolute Gasteiger partial charge is 0.416 e. The zero-order chi connectivity index (χ0) is 19.5. The maximum absolute atomic E-state index is 12.6. The molecule has 1 unspecified atom stereocenters. The Morgan fingerprint density at radius 1 is 1.12 bits per heavy atom. The Bertz CT molecular complexity index is 846. The zero-order valence-corrected chi connectivity index (χ0v) is 15.5. The monoisotopic (exact) mass is 406 g/mol. The Kier molecular flexibility index (Phi) is 6.09. The van der Waals surface area contributed by atoms with Crippen molar-refractivity contribution in [2.75, 3.05) is 5.32 Å². The van der Waals surface area contributed by atoms with E-state index < -0.39 is 33.7 Å². The third kappa shape index (κ3) is 5.05. The van der Waals surface area contributed by atoms with Gasteiger partial charge in [0.2, 0.25) is 5.91 Å². The Morgan fingerprint density at radius 3 is 2.19 bits per heavy atom. The molecule has 0 saturated heterocycles. The van der Waals surface area contributed by atoms with Crippen LogP contribution in [0.1, 0.15) is 19.4 Å². The maximum Gasteiger partial charge on any atom is 0.416 e. The van der Waals surface area contributed by atoms with Crippen molar-refractivity contribution in [3.8, 4) is 0 Å². The van der Waals surface area contributed by atoms with E-state index in [0.717, 1.165) is 35.6 Å². The van der Waals surface area contributed by atoms with E-state index in [2.05, 4.69) is 10.0 Å². The van der Waals surface area contributed by atoms with Gasteiger partial charge in [0.05, 0.1) is 5.56 Å². The van der Waals surface area contributed by atoms with Crippen LogP contribution in [0.15, 0.2) is 46.0 Å². The first-order valence-corrected chi connectivity index (χ1v) is 9.91. The molecule has 1 aromatic carbocycles. The van der Waals surface area contributed by atoms with Crippen LogP contribution in [-0.4, -0.2) is 20.4 Å². The van der Waals surface area contributed by atoms with Gasteiger partial charge in [-0.3, -0.25) is 4.79 Å². The fraction of sp³-hybridized carbons (Fsp3) is 0.312. The van der Waals surface area contributed by atoms with Crippen molar-refractivity contribution in [3.05, 3.63) is 47.3 Å². The van der Waals surface area contributed by atoms with E-state index in [9.17, 15) is 26.4 Å². The Labute approximate surface area is 153 Å². The normalized spacial score (nSPS) is 13.6. The van der Waals surface area contributed by atoms with Gasteiger partial charge in [-0.2, -0.15) is 17.9 Å². The average molecular weight is 406 g/mol. The number of carbonyl (C=O) groups excluding carboxylic acids is 1. The average Bonchev–Trinajstić information content (AvgIpc) is 3.07. The molecule has 5 nitrogen and oxygen atoms in total. The van der Waals surface area contributed by atoms with Gasteiger partial charge >= 0.3 is 6.18 Å². The molecule has 2 rings (SSSR count). The molecule has 0 aliphatic heterocycles. The van der Waals surface area contributed by atoms with Crippen LogP contribution in [0.5, 0.6) is 0 Å². The van der Waals surface area contributed by atoms with Crippen molar-refractivity contribution >= 4 is 33.0 Å². The number of benzene rings is 1. The van der Waals surface area contributed by atoms with Gasteiger partial charge in [0.1, 0.15) is 10.3 Å². The number of rotatable bonds is 6. The van der Waals surface area contributed by atoms with E-state index in [1.165, 1.54) is 6.07 Å². The number of anilines is 1. The second-order valence-electron chi connectivity index (χ2n) is 5.84. The van der Waals surface area contributed by atoms with Crippen LogP contribution in [0.3, 0.4) is 0 Å². The van der Waals surface area contributed by atoms with E-state index in [4.69, 9.17) is 0 Å². The summed E-state index contributed by atoms with van der Waals surface area (Å²) in [5.41, 5.74) is -0.696. The Morgan fingerprint density at radius 2 is 1.73 bits per heavy atom. The molecule has 0 fully saturated rings. The molecule has 26 heavy (non-hydrogen) atoms. The lowest BCUT2D eigenvalue weighted by molar-refractivity contribution is -0.137. The molecule has 2 aromatic rings. The van der Waals surface area contributed by atoms with Crippen LogP contribution in [-0.2, 0) is 21.0 Å². The van der Waals surface area contributed by atoms with Crippen LogP contribution in [0, 0.1) is 5.92 Å². The molecule has 1 amide bonds. The first-order chi connectivity index (χ1) is 12.0. The van der Waals surface area contributed by atoms with Gasteiger partial charge in [-0.1, -0.05) is 19.9 Å². The molecule has 0 radical (unpaired) electrons. The Hall–Kier alpha value is -1.91. The number of sulfonamides is 1. The van der Waals surface area contributed by atoms with Gasteiger partial charge < -0.3 is 5.32 Å². The number of hydrogen-bond acceptors (Lipinski definition) is 4. The predicted molar refractivity (Wildman–Crippen MR) is 93.3 cm³/mol. The third-order valence-electron chi connectivity index (χ3n) is 3.47. The summed E-state index contributed by atoms with van der Waals surface area (Å²) in [5, 5.41) is 4.04. The van der Waals surface area contributed by atoms with E-state index in [-0.39, 0.29) is 15.8 Å². The lowest BCUT2D eigenvalue weighted by atomic mass is 10.0. The van der Waals surface area contributed by atoms with Crippen LogP contribution in [0.25, 0.3) is 0 Å². The fourth-order valence-electron chi connectivity index (χ4n) is 2.10. The standard InChI is InChI=1S/C16H17F3N2O3S2/c1-10(2)14(21-26(23,24)13-4-3-9-25-13)15(22)20-12-7-5-11(6-8-12)16(17,18)19/h3-10,14,21H,1-2H3,(H,20,22). The summed E-state index contributed by atoms with van der Waals surface area (Å²) in [4.78, 5) is 12.4. The van der Waals surface area contributed by atoms with Gasteiger partial charge in [0.15, 0.2) is 0 Å². The first kappa shape index (κ1) is 20.4. The van der Waals surface area contributed by atoms with E-state index in [1.807, 2.05) is 0 Å². The molecule has 1 heterocycles. The molecular weight excluding hydrogens is 389 g/mol. The number of nitrogens with one attached hydrogen (secondary N) is 2. The molecule has 0 aliphatic rings. The summed E-state index contributed by atoms with van der Waals surface area (Å²) in [5.74, 6) is -1.03. The smallest absolute Gasteiger partial charge is 0.325 e. The lowest BCUT2D eigenvalue weighted by Crippen LogP contribution is -2.46. The van der Waals surface area contributed by atoms with Crippen molar-refractivity contribution in [2.24, 2.45) is 5.92 Å². The molecule has 1 atom stereocenters. The van der Waals surface area contributed by atoms with Gasteiger partial charge in [-0.25, -0.2) is 8.42 Å². The number of thiophene rings is 1. The van der Waals surface area contributed by atoms with E-state index in [0.29, 0.717) is 0 Å². The second-order valence-corrected chi connectivity index (χ2v) is 8.73. The highest BCUT2D eigenvalue weighted by Crippen LogP contribution is 2.29. The highest BCUT2D eigenvalue weighted by atomic mass is 32.2.